The molecular weight excluding hydrogens is 295 g/mol. The second kappa shape index (κ2) is 5.94. The highest BCUT2D eigenvalue weighted by atomic mass is 79.9. The van der Waals surface area contributed by atoms with Gasteiger partial charge in [0.05, 0.1) is 6.61 Å². The first-order valence-corrected chi connectivity index (χ1v) is 6.33. The van der Waals surface area contributed by atoms with Crippen LogP contribution in [-0.4, -0.2) is 11.7 Å². The highest BCUT2D eigenvalue weighted by molar-refractivity contribution is 9.10. The molecule has 0 fully saturated rings. The van der Waals surface area contributed by atoms with Gasteiger partial charge in [-0.15, -0.1) is 0 Å². The molecule has 0 bridgehead atoms. The molecule has 0 aromatic heterocycles. The predicted molar refractivity (Wildman–Crippen MR) is 74.7 cm³/mol. The fourth-order valence-corrected chi connectivity index (χ4v) is 2.02. The van der Waals surface area contributed by atoms with Crippen LogP contribution in [0.4, 0.5) is 4.39 Å². The summed E-state index contributed by atoms with van der Waals surface area (Å²) in [6, 6.07) is 14.0. The van der Waals surface area contributed by atoms with Crippen molar-refractivity contribution in [1.29, 1.82) is 0 Å². The lowest BCUT2D eigenvalue weighted by atomic mass is 9.98. The molecule has 0 aliphatic carbocycles. The number of benzene rings is 2. The van der Waals surface area contributed by atoms with Crippen LogP contribution < -0.4 is 0 Å². The highest BCUT2D eigenvalue weighted by Crippen LogP contribution is 2.24. The second-order valence-corrected chi connectivity index (χ2v) is 4.73. The lowest BCUT2D eigenvalue weighted by molar-refractivity contribution is 0.343. The average Bonchev–Trinajstić information content (AvgIpc) is 2.39. The summed E-state index contributed by atoms with van der Waals surface area (Å²) in [6.45, 7) is -0.0528. The van der Waals surface area contributed by atoms with Gasteiger partial charge in [0.1, 0.15) is 5.82 Å². The van der Waals surface area contributed by atoms with Crippen molar-refractivity contribution in [3.8, 4) is 0 Å². The van der Waals surface area contributed by atoms with Crippen LogP contribution in [0.5, 0.6) is 0 Å². The van der Waals surface area contributed by atoms with Gasteiger partial charge in [0.15, 0.2) is 0 Å². The van der Waals surface area contributed by atoms with Crippen molar-refractivity contribution in [3.63, 3.8) is 0 Å². The van der Waals surface area contributed by atoms with Crippen molar-refractivity contribution in [3.05, 3.63) is 76.0 Å². The molecule has 0 amide bonds. The predicted octanol–water partition coefficient (Wildman–Crippen LogP) is 4.01. The van der Waals surface area contributed by atoms with E-state index >= 15 is 0 Å². The lowest BCUT2D eigenvalue weighted by Crippen LogP contribution is -1.90. The molecule has 0 atom stereocenters. The molecule has 0 unspecified atom stereocenters. The van der Waals surface area contributed by atoms with Gasteiger partial charge in [-0.1, -0.05) is 46.3 Å². The first kappa shape index (κ1) is 13.0. The van der Waals surface area contributed by atoms with Crippen LogP contribution >= 0.6 is 15.9 Å². The lowest BCUT2D eigenvalue weighted by Gasteiger charge is -2.08. The monoisotopic (exact) mass is 306 g/mol. The molecule has 2 rings (SSSR count). The van der Waals surface area contributed by atoms with Crippen molar-refractivity contribution >= 4 is 21.5 Å². The molecule has 2 aromatic rings. The zero-order valence-corrected chi connectivity index (χ0v) is 11.2. The topological polar surface area (TPSA) is 20.2 Å². The number of aliphatic hydroxyl groups is 1. The number of halogens is 2. The molecule has 0 saturated carbocycles. The van der Waals surface area contributed by atoms with Crippen molar-refractivity contribution < 1.29 is 9.50 Å². The maximum absolute atomic E-state index is 12.9. The maximum atomic E-state index is 12.9. The minimum atomic E-state index is -0.266. The van der Waals surface area contributed by atoms with Gasteiger partial charge in [-0.2, -0.15) is 0 Å². The molecule has 1 N–H and O–H groups in total. The van der Waals surface area contributed by atoms with E-state index < -0.39 is 0 Å². The molecule has 3 heteroatoms. The number of hydrogen-bond acceptors (Lipinski definition) is 1. The van der Waals surface area contributed by atoms with E-state index in [0.717, 1.165) is 21.2 Å². The molecule has 92 valence electrons. The standard InChI is InChI=1S/C15H12BrFO/c16-13-5-1-11(2-6-13)15(9-10-18)12-3-7-14(17)8-4-12/h1-9,18H,10H2/b15-9+. The van der Waals surface area contributed by atoms with Gasteiger partial charge < -0.3 is 5.11 Å². The molecular formula is C15H12BrFO. The Kier molecular flexibility index (Phi) is 4.28. The van der Waals surface area contributed by atoms with Crippen LogP contribution in [0.15, 0.2) is 59.1 Å². The molecule has 0 aliphatic heterocycles. The van der Waals surface area contributed by atoms with Gasteiger partial charge in [0, 0.05) is 4.47 Å². The third-order valence-corrected chi connectivity index (χ3v) is 3.13. The Hall–Kier alpha value is -1.45. The van der Waals surface area contributed by atoms with E-state index in [1.54, 1.807) is 18.2 Å². The quantitative estimate of drug-likeness (QED) is 0.908. The number of aliphatic hydroxyl groups excluding tert-OH is 1. The summed E-state index contributed by atoms with van der Waals surface area (Å²) in [6.07, 6.45) is 1.72. The Morgan fingerprint density at radius 3 is 2.00 bits per heavy atom. The van der Waals surface area contributed by atoms with Crippen LogP contribution in [0.1, 0.15) is 11.1 Å². The Morgan fingerprint density at radius 1 is 1.00 bits per heavy atom. The average molecular weight is 307 g/mol. The fourth-order valence-electron chi connectivity index (χ4n) is 1.75. The van der Waals surface area contributed by atoms with Crippen LogP contribution in [0.25, 0.3) is 5.57 Å². The molecule has 1 nitrogen and oxygen atoms in total. The van der Waals surface area contributed by atoms with E-state index in [9.17, 15) is 4.39 Å². The van der Waals surface area contributed by atoms with Gasteiger partial charge in [-0.25, -0.2) is 4.39 Å². The first-order chi connectivity index (χ1) is 8.70. The third-order valence-electron chi connectivity index (χ3n) is 2.61. The summed E-state index contributed by atoms with van der Waals surface area (Å²) in [5.41, 5.74) is 2.76. The number of rotatable bonds is 3. The minimum Gasteiger partial charge on any atom is -0.392 e. The molecule has 18 heavy (non-hydrogen) atoms. The van der Waals surface area contributed by atoms with Crippen LogP contribution in [0.3, 0.4) is 0 Å². The minimum absolute atomic E-state index is 0.0528. The van der Waals surface area contributed by atoms with E-state index in [4.69, 9.17) is 5.11 Å². The Labute approximate surface area is 114 Å². The summed E-state index contributed by atoms with van der Waals surface area (Å²) in [4.78, 5) is 0. The van der Waals surface area contributed by atoms with Gasteiger partial charge in [0.25, 0.3) is 0 Å². The van der Waals surface area contributed by atoms with E-state index in [0.29, 0.717) is 0 Å². The molecule has 0 spiro atoms. The Bertz CT molecular complexity index is 496. The van der Waals surface area contributed by atoms with E-state index in [-0.39, 0.29) is 12.4 Å². The second-order valence-electron chi connectivity index (χ2n) is 3.81. The van der Waals surface area contributed by atoms with Gasteiger partial charge in [0.2, 0.25) is 0 Å². The maximum Gasteiger partial charge on any atom is 0.123 e. The van der Waals surface area contributed by atoms with Crippen LogP contribution in [0, 0.1) is 5.82 Å². The molecule has 0 saturated heterocycles. The summed E-state index contributed by atoms with van der Waals surface area (Å²) < 4.78 is 13.9. The van der Waals surface area contributed by atoms with Crippen molar-refractivity contribution in [2.75, 3.05) is 6.61 Å². The fraction of sp³-hybridized carbons (Fsp3) is 0.0667. The van der Waals surface area contributed by atoms with Crippen molar-refractivity contribution in [2.45, 2.75) is 0 Å². The SMILES string of the molecule is OC/C=C(/c1ccc(F)cc1)c1ccc(Br)cc1. The van der Waals surface area contributed by atoms with Crippen LogP contribution in [-0.2, 0) is 0 Å². The first-order valence-electron chi connectivity index (χ1n) is 5.53. The molecule has 0 heterocycles. The summed E-state index contributed by atoms with van der Waals surface area (Å²) in [5, 5.41) is 9.11. The van der Waals surface area contributed by atoms with E-state index in [2.05, 4.69) is 15.9 Å². The summed E-state index contributed by atoms with van der Waals surface area (Å²) >= 11 is 3.38. The molecule has 0 radical (unpaired) electrons. The molecule has 2 aromatic carbocycles. The van der Waals surface area contributed by atoms with Gasteiger partial charge in [-0.3, -0.25) is 0 Å². The van der Waals surface area contributed by atoms with Crippen molar-refractivity contribution in [2.24, 2.45) is 0 Å². The Morgan fingerprint density at radius 2 is 1.50 bits per heavy atom. The number of hydrogen-bond donors (Lipinski definition) is 1. The zero-order chi connectivity index (χ0) is 13.0. The zero-order valence-electron chi connectivity index (χ0n) is 9.61. The largest absolute Gasteiger partial charge is 0.392 e. The van der Waals surface area contributed by atoms with E-state index in [1.807, 2.05) is 24.3 Å². The van der Waals surface area contributed by atoms with Crippen LogP contribution in [0.2, 0.25) is 0 Å². The summed E-state index contributed by atoms with van der Waals surface area (Å²) in [5.74, 6) is -0.266. The normalized spacial score (nSPS) is 11.6. The molecule has 0 aliphatic rings. The Balaban J connectivity index is 2.43. The van der Waals surface area contributed by atoms with Gasteiger partial charge in [-0.05, 0) is 41.0 Å². The smallest absolute Gasteiger partial charge is 0.123 e. The van der Waals surface area contributed by atoms with Gasteiger partial charge >= 0.3 is 0 Å². The third kappa shape index (κ3) is 3.06. The van der Waals surface area contributed by atoms with Crippen molar-refractivity contribution in [1.82, 2.24) is 0 Å². The van der Waals surface area contributed by atoms with E-state index in [1.165, 1.54) is 12.1 Å². The summed E-state index contributed by atoms with van der Waals surface area (Å²) in [7, 11) is 0. The highest BCUT2D eigenvalue weighted by Gasteiger charge is 2.04.